The van der Waals surface area contributed by atoms with E-state index in [2.05, 4.69) is 15.3 Å². The largest absolute Gasteiger partial charge is 0.348 e. The van der Waals surface area contributed by atoms with Crippen molar-refractivity contribution in [3.63, 3.8) is 0 Å². The number of hydrogen-bond acceptors (Lipinski definition) is 3. The minimum atomic E-state index is 0.0322. The summed E-state index contributed by atoms with van der Waals surface area (Å²) in [5, 5.41) is 7.45. The fourth-order valence-corrected chi connectivity index (χ4v) is 4.32. The van der Waals surface area contributed by atoms with Gasteiger partial charge < -0.3 is 5.32 Å². The molecule has 1 N–H and O–H groups in total. The van der Waals surface area contributed by atoms with Crippen LogP contribution in [0.2, 0.25) is 0 Å². The first-order valence-electron chi connectivity index (χ1n) is 9.94. The molecule has 1 aromatic heterocycles. The van der Waals surface area contributed by atoms with Crippen molar-refractivity contribution in [2.75, 3.05) is 13.1 Å². The summed E-state index contributed by atoms with van der Waals surface area (Å²) in [5.41, 5.74) is 1.68. The molecule has 1 atom stereocenters. The molecule has 1 unspecified atom stereocenters. The number of aromatic nitrogens is 2. The Kier molecular flexibility index (Phi) is 5.34. The van der Waals surface area contributed by atoms with E-state index in [4.69, 9.17) is 0 Å². The molecule has 26 heavy (non-hydrogen) atoms. The number of rotatable bonds is 4. The Labute approximate surface area is 155 Å². The van der Waals surface area contributed by atoms with Gasteiger partial charge in [0, 0.05) is 43.1 Å². The molecule has 1 saturated heterocycles. The molecule has 0 radical (unpaired) electrons. The number of carbonyl (C=O) groups is 1. The summed E-state index contributed by atoms with van der Waals surface area (Å²) in [6.07, 6.45) is 12.9. The normalized spacial score (nSPS) is 22.2. The van der Waals surface area contributed by atoms with Gasteiger partial charge in [0.1, 0.15) is 0 Å². The lowest BCUT2D eigenvalue weighted by molar-refractivity contribution is 0.0935. The predicted octanol–water partition coefficient (Wildman–Crippen LogP) is 3.40. The Bertz CT molecular complexity index is 702. The summed E-state index contributed by atoms with van der Waals surface area (Å²) >= 11 is 0. The average Bonchev–Trinajstić information content (AvgIpc) is 3.29. The van der Waals surface area contributed by atoms with Crippen molar-refractivity contribution in [3.05, 3.63) is 48.3 Å². The van der Waals surface area contributed by atoms with E-state index in [1.54, 1.807) is 10.9 Å². The molecule has 1 aromatic carbocycles. The Hall–Kier alpha value is -2.14. The van der Waals surface area contributed by atoms with E-state index < -0.39 is 0 Å². The minimum absolute atomic E-state index is 0.0322. The smallest absolute Gasteiger partial charge is 0.251 e. The van der Waals surface area contributed by atoms with Crippen LogP contribution in [-0.4, -0.2) is 45.8 Å². The van der Waals surface area contributed by atoms with Crippen molar-refractivity contribution < 1.29 is 4.79 Å². The van der Waals surface area contributed by atoms with Crippen LogP contribution in [0.5, 0.6) is 0 Å². The van der Waals surface area contributed by atoms with Crippen molar-refractivity contribution in [3.8, 4) is 5.69 Å². The third-order valence-electron chi connectivity index (χ3n) is 5.79. The molecular formula is C21H28N4O. The summed E-state index contributed by atoms with van der Waals surface area (Å²) in [5.74, 6) is 0.0322. The Morgan fingerprint density at radius 1 is 1.04 bits per heavy atom. The average molecular weight is 352 g/mol. The zero-order valence-electron chi connectivity index (χ0n) is 15.3. The molecule has 1 saturated carbocycles. The molecule has 5 nitrogen and oxygen atoms in total. The van der Waals surface area contributed by atoms with Gasteiger partial charge in [-0.25, -0.2) is 4.68 Å². The highest BCUT2D eigenvalue weighted by Crippen LogP contribution is 2.25. The lowest BCUT2D eigenvalue weighted by Crippen LogP contribution is -2.39. The molecule has 0 spiro atoms. The number of nitrogens with one attached hydrogen (secondary N) is 1. The Morgan fingerprint density at radius 2 is 1.81 bits per heavy atom. The van der Waals surface area contributed by atoms with Crippen LogP contribution in [0, 0.1) is 0 Å². The van der Waals surface area contributed by atoms with Crippen molar-refractivity contribution in [2.24, 2.45) is 0 Å². The number of benzene rings is 1. The highest BCUT2D eigenvalue weighted by molar-refractivity contribution is 5.94. The van der Waals surface area contributed by atoms with Gasteiger partial charge in [0.15, 0.2) is 0 Å². The topological polar surface area (TPSA) is 50.2 Å². The predicted molar refractivity (Wildman–Crippen MR) is 102 cm³/mol. The first kappa shape index (κ1) is 17.3. The molecule has 2 aromatic rings. The first-order chi connectivity index (χ1) is 12.8. The fraction of sp³-hybridized carbons (Fsp3) is 0.524. The van der Waals surface area contributed by atoms with Gasteiger partial charge in [-0.15, -0.1) is 0 Å². The maximum absolute atomic E-state index is 12.6. The Morgan fingerprint density at radius 3 is 2.50 bits per heavy atom. The van der Waals surface area contributed by atoms with Gasteiger partial charge in [-0.2, -0.15) is 5.10 Å². The fourth-order valence-electron chi connectivity index (χ4n) is 4.32. The van der Waals surface area contributed by atoms with Gasteiger partial charge in [-0.3, -0.25) is 9.69 Å². The summed E-state index contributed by atoms with van der Waals surface area (Å²) in [6.45, 7) is 2.12. The van der Waals surface area contributed by atoms with Gasteiger partial charge in [-0.05, 0) is 49.6 Å². The van der Waals surface area contributed by atoms with Gasteiger partial charge >= 0.3 is 0 Å². The Balaban J connectivity index is 1.32. The molecule has 1 amide bonds. The highest BCUT2D eigenvalue weighted by atomic mass is 16.1. The number of carbonyl (C=O) groups excluding carboxylic acids is 1. The van der Waals surface area contributed by atoms with Crippen molar-refractivity contribution in [1.82, 2.24) is 20.0 Å². The number of amides is 1. The van der Waals surface area contributed by atoms with E-state index in [1.807, 2.05) is 36.5 Å². The second-order valence-corrected chi connectivity index (χ2v) is 7.60. The van der Waals surface area contributed by atoms with Gasteiger partial charge in [0.05, 0.1) is 5.69 Å². The minimum Gasteiger partial charge on any atom is -0.348 e. The van der Waals surface area contributed by atoms with E-state index in [-0.39, 0.29) is 11.9 Å². The van der Waals surface area contributed by atoms with Crippen LogP contribution >= 0.6 is 0 Å². The van der Waals surface area contributed by atoms with Crippen LogP contribution in [0.25, 0.3) is 5.69 Å². The third kappa shape index (κ3) is 3.98. The summed E-state index contributed by atoms with van der Waals surface area (Å²) < 4.78 is 1.79. The molecular weight excluding hydrogens is 324 g/mol. The van der Waals surface area contributed by atoms with Crippen LogP contribution in [-0.2, 0) is 0 Å². The van der Waals surface area contributed by atoms with Crippen molar-refractivity contribution >= 4 is 5.91 Å². The second kappa shape index (κ2) is 8.04. The van der Waals surface area contributed by atoms with E-state index in [9.17, 15) is 4.79 Å². The van der Waals surface area contributed by atoms with Crippen LogP contribution in [0.4, 0.5) is 0 Å². The maximum atomic E-state index is 12.6. The maximum Gasteiger partial charge on any atom is 0.251 e. The zero-order chi connectivity index (χ0) is 17.8. The van der Waals surface area contributed by atoms with Crippen LogP contribution in [0.1, 0.15) is 55.3 Å². The lowest BCUT2D eigenvalue weighted by Gasteiger charge is -2.26. The van der Waals surface area contributed by atoms with Gasteiger partial charge in [-0.1, -0.05) is 25.7 Å². The lowest BCUT2D eigenvalue weighted by atomic mass is 10.1. The first-order valence-corrected chi connectivity index (χ1v) is 9.94. The monoisotopic (exact) mass is 352 g/mol. The number of hydrogen-bond donors (Lipinski definition) is 1. The van der Waals surface area contributed by atoms with Gasteiger partial charge in [0.25, 0.3) is 5.91 Å². The quantitative estimate of drug-likeness (QED) is 0.858. The summed E-state index contributed by atoms with van der Waals surface area (Å²) in [6, 6.07) is 10.5. The molecule has 1 aliphatic carbocycles. The molecule has 2 fully saturated rings. The van der Waals surface area contributed by atoms with E-state index in [0.29, 0.717) is 5.56 Å². The third-order valence-corrected chi connectivity index (χ3v) is 5.79. The van der Waals surface area contributed by atoms with Gasteiger partial charge in [0.2, 0.25) is 0 Å². The summed E-state index contributed by atoms with van der Waals surface area (Å²) in [4.78, 5) is 15.2. The molecule has 1 aliphatic heterocycles. The zero-order valence-corrected chi connectivity index (χ0v) is 15.3. The number of likely N-dealkylation sites (tertiary alicyclic amines) is 1. The SMILES string of the molecule is O=C(NC1CCN(C2CCCCCC2)C1)c1ccc(-n2cccn2)cc1. The highest BCUT2D eigenvalue weighted by Gasteiger charge is 2.29. The standard InChI is InChI=1S/C21H28N4O/c26-21(17-8-10-20(11-9-17)25-14-5-13-22-25)23-18-12-15-24(16-18)19-6-3-1-2-4-7-19/h5,8-11,13-14,18-19H,1-4,6-7,12,15-16H2,(H,23,26). The number of nitrogens with zero attached hydrogens (tertiary/aromatic N) is 3. The van der Waals surface area contributed by atoms with E-state index >= 15 is 0 Å². The second-order valence-electron chi connectivity index (χ2n) is 7.60. The molecule has 2 aliphatic rings. The van der Waals surface area contributed by atoms with E-state index in [1.165, 1.54) is 38.5 Å². The van der Waals surface area contributed by atoms with Crippen LogP contribution < -0.4 is 5.32 Å². The molecule has 4 rings (SSSR count). The summed E-state index contributed by atoms with van der Waals surface area (Å²) in [7, 11) is 0. The van der Waals surface area contributed by atoms with Crippen molar-refractivity contribution in [1.29, 1.82) is 0 Å². The van der Waals surface area contributed by atoms with Crippen LogP contribution in [0.3, 0.4) is 0 Å². The van der Waals surface area contributed by atoms with E-state index in [0.717, 1.165) is 31.2 Å². The molecule has 138 valence electrons. The molecule has 0 bridgehead atoms. The van der Waals surface area contributed by atoms with Crippen LogP contribution in [0.15, 0.2) is 42.7 Å². The molecule has 2 heterocycles. The van der Waals surface area contributed by atoms with Crippen molar-refractivity contribution in [2.45, 2.75) is 57.0 Å². The molecule has 5 heteroatoms.